The van der Waals surface area contributed by atoms with Gasteiger partial charge in [0.05, 0.1) is 11.2 Å². The minimum absolute atomic E-state index is 0.0725. The Balaban J connectivity index is 2.87. The Morgan fingerprint density at radius 2 is 2.33 bits per heavy atom. The zero-order valence-corrected chi connectivity index (χ0v) is 6.02. The molecule has 0 aliphatic heterocycles. The van der Waals surface area contributed by atoms with Crippen LogP contribution >= 0.6 is 0 Å². The zero-order chi connectivity index (χ0) is 9.14. The standard InChI is InChI=1S/C7H5NO4/c1-5(8(10)11)7(9)6-3-2-4-12-6/h2-4H,1H2. The van der Waals surface area contributed by atoms with Crippen LogP contribution in [0.4, 0.5) is 0 Å². The number of carbonyl (C=O) groups excluding carboxylic acids is 1. The van der Waals surface area contributed by atoms with E-state index >= 15 is 0 Å². The van der Waals surface area contributed by atoms with Crippen molar-refractivity contribution in [3.05, 3.63) is 46.5 Å². The van der Waals surface area contributed by atoms with Gasteiger partial charge in [0, 0.05) is 0 Å². The minimum Gasteiger partial charge on any atom is -0.461 e. The van der Waals surface area contributed by atoms with Gasteiger partial charge in [-0.3, -0.25) is 14.9 Å². The van der Waals surface area contributed by atoms with Crippen LogP contribution in [0.5, 0.6) is 0 Å². The average molecular weight is 167 g/mol. The van der Waals surface area contributed by atoms with Crippen LogP contribution in [0.15, 0.2) is 35.1 Å². The van der Waals surface area contributed by atoms with E-state index in [1.807, 2.05) is 0 Å². The fraction of sp³-hybridized carbons (Fsp3) is 0. The highest BCUT2D eigenvalue weighted by Gasteiger charge is 2.22. The molecule has 0 fully saturated rings. The molecule has 0 bridgehead atoms. The van der Waals surface area contributed by atoms with E-state index in [2.05, 4.69) is 11.0 Å². The van der Waals surface area contributed by atoms with Crippen molar-refractivity contribution in [1.82, 2.24) is 0 Å². The second-order valence-corrected chi connectivity index (χ2v) is 2.01. The van der Waals surface area contributed by atoms with Crippen LogP contribution < -0.4 is 0 Å². The largest absolute Gasteiger partial charge is 0.461 e. The monoisotopic (exact) mass is 167 g/mol. The van der Waals surface area contributed by atoms with Crippen LogP contribution in [0.1, 0.15) is 10.6 Å². The van der Waals surface area contributed by atoms with E-state index in [-0.39, 0.29) is 5.76 Å². The molecule has 0 saturated heterocycles. The number of ketones is 1. The molecule has 0 N–H and O–H groups in total. The van der Waals surface area contributed by atoms with Gasteiger partial charge >= 0.3 is 5.70 Å². The molecule has 1 aromatic heterocycles. The molecule has 1 aromatic rings. The molecule has 5 heteroatoms. The SMILES string of the molecule is C=C(C(=O)c1ccco1)[N+](=O)[O-]. The minimum atomic E-state index is -0.842. The summed E-state index contributed by atoms with van der Waals surface area (Å²) >= 11 is 0. The Bertz CT molecular complexity index is 325. The van der Waals surface area contributed by atoms with Gasteiger partial charge in [-0.1, -0.05) is 0 Å². The maximum absolute atomic E-state index is 11.0. The summed E-state index contributed by atoms with van der Waals surface area (Å²) in [6, 6.07) is 2.82. The predicted molar refractivity (Wildman–Crippen MR) is 39.2 cm³/mol. The number of rotatable bonds is 3. The molecule has 0 aliphatic carbocycles. The van der Waals surface area contributed by atoms with E-state index in [0.717, 1.165) is 0 Å². The van der Waals surface area contributed by atoms with Gasteiger partial charge in [0.2, 0.25) is 0 Å². The van der Waals surface area contributed by atoms with Crippen molar-refractivity contribution < 1.29 is 14.1 Å². The van der Waals surface area contributed by atoms with Crippen LogP contribution in [-0.2, 0) is 0 Å². The molecule has 0 unspecified atom stereocenters. The van der Waals surface area contributed by atoms with Crippen molar-refractivity contribution in [2.45, 2.75) is 0 Å². The van der Waals surface area contributed by atoms with Gasteiger partial charge in [0.15, 0.2) is 5.76 Å². The molecule has 0 aliphatic rings. The van der Waals surface area contributed by atoms with Crippen molar-refractivity contribution >= 4 is 5.78 Å². The van der Waals surface area contributed by atoms with Crippen LogP contribution in [0, 0.1) is 10.1 Å². The van der Waals surface area contributed by atoms with E-state index in [1.165, 1.54) is 18.4 Å². The van der Waals surface area contributed by atoms with Crippen LogP contribution in [0.3, 0.4) is 0 Å². The van der Waals surface area contributed by atoms with Crippen LogP contribution in [-0.4, -0.2) is 10.7 Å². The number of nitrogens with zero attached hydrogens (tertiary/aromatic N) is 1. The van der Waals surface area contributed by atoms with E-state index in [1.54, 1.807) is 0 Å². The predicted octanol–water partition coefficient (Wildman–Crippen LogP) is 1.25. The summed E-state index contributed by atoms with van der Waals surface area (Å²) in [5, 5.41) is 10.1. The normalized spacial score (nSPS) is 9.33. The number of Topliss-reactive ketones (excluding diaryl/α,β-unsaturated/α-hetero) is 1. The lowest BCUT2D eigenvalue weighted by atomic mass is 10.2. The maximum Gasteiger partial charge on any atom is 0.313 e. The van der Waals surface area contributed by atoms with Gasteiger partial charge in [-0.15, -0.1) is 0 Å². The number of hydrogen-bond donors (Lipinski definition) is 0. The average Bonchev–Trinajstić information content (AvgIpc) is 2.53. The molecule has 1 rings (SSSR count). The second-order valence-electron chi connectivity index (χ2n) is 2.01. The van der Waals surface area contributed by atoms with Crippen molar-refractivity contribution in [2.24, 2.45) is 0 Å². The van der Waals surface area contributed by atoms with Gasteiger partial charge in [-0.25, -0.2) is 0 Å². The lowest BCUT2D eigenvalue weighted by Gasteiger charge is -1.90. The molecule has 5 nitrogen and oxygen atoms in total. The summed E-state index contributed by atoms with van der Waals surface area (Å²) in [7, 11) is 0. The zero-order valence-electron chi connectivity index (χ0n) is 6.02. The first-order chi connectivity index (χ1) is 5.63. The summed E-state index contributed by atoms with van der Waals surface area (Å²) in [4.78, 5) is 20.2. The van der Waals surface area contributed by atoms with Gasteiger partial charge in [-0.05, 0) is 18.7 Å². The highest BCUT2D eigenvalue weighted by molar-refractivity contribution is 6.04. The molecule has 0 saturated carbocycles. The number of hydrogen-bond acceptors (Lipinski definition) is 4. The quantitative estimate of drug-likeness (QED) is 0.294. The van der Waals surface area contributed by atoms with Crippen molar-refractivity contribution in [3.8, 4) is 0 Å². The summed E-state index contributed by atoms with van der Waals surface area (Å²) in [5.41, 5.74) is -0.690. The van der Waals surface area contributed by atoms with Crippen molar-refractivity contribution in [2.75, 3.05) is 0 Å². The maximum atomic E-state index is 11.0. The Morgan fingerprint density at radius 3 is 2.75 bits per heavy atom. The first-order valence-corrected chi connectivity index (χ1v) is 3.04. The Hall–Kier alpha value is -1.91. The topological polar surface area (TPSA) is 73.3 Å². The fourth-order valence-electron chi connectivity index (χ4n) is 0.633. The second kappa shape index (κ2) is 3.00. The highest BCUT2D eigenvalue weighted by Crippen LogP contribution is 2.07. The van der Waals surface area contributed by atoms with Gasteiger partial charge in [0.1, 0.15) is 0 Å². The molecule has 0 spiro atoms. The summed E-state index contributed by atoms with van der Waals surface area (Å²) in [6.07, 6.45) is 1.26. The molecule has 62 valence electrons. The number of nitro groups is 1. The molecule has 12 heavy (non-hydrogen) atoms. The molecule has 0 aromatic carbocycles. The fourth-order valence-corrected chi connectivity index (χ4v) is 0.633. The lowest BCUT2D eigenvalue weighted by molar-refractivity contribution is -0.416. The first-order valence-electron chi connectivity index (χ1n) is 3.04. The number of furan rings is 1. The third-order valence-electron chi connectivity index (χ3n) is 1.23. The van der Waals surface area contributed by atoms with Gasteiger partial charge in [0.25, 0.3) is 5.78 Å². The molecular weight excluding hydrogens is 162 g/mol. The molecule has 0 amide bonds. The Morgan fingerprint density at radius 1 is 1.67 bits per heavy atom. The van der Waals surface area contributed by atoms with Crippen molar-refractivity contribution in [3.63, 3.8) is 0 Å². The third kappa shape index (κ3) is 1.39. The molecule has 0 atom stereocenters. The summed E-state index contributed by atoms with van der Waals surface area (Å²) < 4.78 is 4.65. The van der Waals surface area contributed by atoms with Crippen LogP contribution in [0.25, 0.3) is 0 Å². The van der Waals surface area contributed by atoms with Crippen molar-refractivity contribution in [1.29, 1.82) is 0 Å². The van der Waals surface area contributed by atoms with E-state index < -0.39 is 16.4 Å². The third-order valence-corrected chi connectivity index (χ3v) is 1.23. The summed E-state index contributed by atoms with van der Waals surface area (Å²) in [6.45, 7) is 3.00. The van der Waals surface area contributed by atoms with Crippen LogP contribution in [0.2, 0.25) is 0 Å². The summed E-state index contributed by atoms with van der Waals surface area (Å²) in [5.74, 6) is -0.873. The molecule has 0 radical (unpaired) electrons. The number of carbonyl (C=O) groups is 1. The Labute approximate surface area is 67.4 Å². The van der Waals surface area contributed by atoms with Gasteiger partial charge in [-0.2, -0.15) is 0 Å². The van der Waals surface area contributed by atoms with E-state index in [9.17, 15) is 14.9 Å². The molecule has 1 heterocycles. The van der Waals surface area contributed by atoms with E-state index in [0.29, 0.717) is 0 Å². The Kier molecular flexibility index (Phi) is 2.05. The number of allylic oxidation sites excluding steroid dienone is 1. The molecular formula is C7H5NO4. The highest BCUT2D eigenvalue weighted by atomic mass is 16.6. The first kappa shape index (κ1) is 8.19. The van der Waals surface area contributed by atoms with E-state index in [4.69, 9.17) is 0 Å². The van der Waals surface area contributed by atoms with Gasteiger partial charge < -0.3 is 4.42 Å². The lowest BCUT2D eigenvalue weighted by Crippen LogP contribution is -2.09. The smallest absolute Gasteiger partial charge is 0.313 e.